The number of fused-ring (bicyclic) bond motifs is 2. The normalized spacial score (nSPS) is 22.5. The van der Waals surface area contributed by atoms with Gasteiger partial charge in [0, 0.05) is 29.1 Å². The second kappa shape index (κ2) is 9.87. The molecular formula is C29H30FN3O5. The zero-order chi connectivity index (χ0) is 26.4. The topological polar surface area (TPSA) is 105 Å². The van der Waals surface area contributed by atoms with Gasteiger partial charge in [-0.15, -0.1) is 0 Å². The first-order valence-electron chi connectivity index (χ1n) is 13.2. The Morgan fingerprint density at radius 1 is 1.13 bits per heavy atom. The SMILES string of the molecule is Cc1ccccc1-c1noc(C2CC2)c1COC1CC2CCC(C1)N2C(=O)Nc1cc(C(=O)O)ccc1F. The van der Waals surface area contributed by atoms with Crippen molar-refractivity contribution < 1.29 is 28.3 Å². The fraction of sp³-hybridized carbons (Fsp3) is 0.414. The van der Waals surface area contributed by atoms with Crippen LogP contribution in [-0.2, 0) is 11.3 Å². The van der Waals surface area contributed by atoms with E-state index in [9.17, 15) is 19.1 Å². The first-order chi connectivity index (χ1) is 18.4. The lowest BCUT2D eigenvalue weighted by Gasteiger charge is -2.38. The predicted molar refractivity (Wildman–Crippen MR) is 137 cm³/mol. The van der Waals surface area contributed by atoms with E-state index in [1.165, 1.54) is 6.07 Å². The van der Waals surface area contributed by atoms with Gasteiger partial charge >= 0.3 is 12.0 Å². The second-order valence-corrected chi connectivity index (χ2v) is 10.6. The van der Waals surface area contributed by atoms with Crippen molar-refractivity contribution in [2.45, 2.75) is 76.2 Å². The van der Waals surface area contributed by atoms with E-state index >= 15 is 0 Å². The quantitative estimate of drug-likeness (QED) is 0.390. The number of carboxylic acids is 1. The summed E-state index contributed by atoms with van der Waals surface area (Å²) in [4.78, 5) is 26.2. The van der Waals surface area contributed by atoms with Gasteiger partial charge in [-0.05, 0) is 69.2 Å². The molecule has 3 aliphatic rings. The lowest BCUT2D eigenvalue weighted by atomic mass is 9.99. The van der Waals surface area contributed by atoms with Crippen LogP contribution in [0.5, 0.6) is 0 Å². The number of halogens is 1. The van der Waals surface area contributed by atoms with Crippen LogP contribution in [0.3, 0.4) is 0 Å². The Labute approximate surface area is 219 Å². The number of ether oxygens (including phenoxy) is 1. The van der Waals surface area contributed by atoms with Crippen molar-refractivity contribution in [3.8, 4) is 11.3 Å². The number of hydrogen-bond donors (Lipinski definition) is 2. The average Bonchev–Trinajstić information content (AvgIpc) is 3.60. The Morgan fingerprint density at radius 3 is 2.55 bits per heavy atom. The van der Waals surface area contributed by atoms with Gasteiger partial charge in [-0.25, -0.2) is 14.0 Å². The van der Waals surface area contributed by atoms with E-state index < -0.39 is 17.8 Å². The van der Waals surface area contributed by atoms with E-state index in [1.807, 2.05) is 12.1 Å². The van der Waals surface area contributed by atoms with Crippen molar-refractivity contribution >= 4 is 17.7 Å². The predicted octanol–water partition coefficient (Wildman–Crippen LogP) is 6.11. The summed E-state index contributed by atoms with van der Waals surface area (Å²) in [6, 6.07) is 11.1. The minimum atomic E-state index is -1.18. The number of aromatic carboxylic acids is 1. The molecule has 3 heterocycles. The van der Waals surface area contributed by atoms with Crippen molar-refractivity contribution in [1.82, 2.24) is 10.1 Å². The molecule has 0 spiro atoms. The van der Waals surface area contributed by atoms with Crippen molar-refractivity contribution in [3.63, 3.8) is 0 Å². The van der Waals surface area contributed by atoms with Crippen LogP contribution in [0.4, 0.5) is 14.9 Å². The highest BCUT2D eigenvalue weighted by atomic mass is 19.1. The lowest BCUT2D eigenvalue weighted by Crippen LogP contribution is -2.50. The lowest BCUT2D eigenvalue weighted by molar-refractivity contribution is -0.0158. The zero-order valence-electron chi connectivity index (χ0n) is 21.2. The Morgan fingerprint density at radius 2 is 1.87 bits per heavy atom. The van der Waals surface area contributed by atoms with E-state index in [-0.39, 0.29) is 29.4 Å². The number of carbonyl (C=O) groups is 2. The molecule has 2 amide bonds. The van der Waals surface area contributed by atoms with Crippen LogP contribution in [0, 0.1) is 12.7 Å². The van der Waals surface area contributed by atoms with Crippen LogP contribution < -0.4 is 5.32 Å². The molecule has 198 valence electrons. The van der Waals surface area contributed by atoms with E-state index in [0.717, 1.165) is 66.0 Å². The molecule has 2 N–H and O–H groups in total. The molecule has 2 atom stereocenters. The van der Waals surface area contributed by atoms with Crippen LogP contribution in [0.25, 0.3) is 11.3 Å². The smallest absolute Gasteiger partial charge is 0.335 e. The summed E-state index contributed by atoms with van der Waals surface area (Å²) in [5, 5.41) is 16.2. The van der Waals surface area contributed by atoms with Gasteiger partial charge < -0.3 is 24.6 Å². The van der Waals surface area contributed by atoms with Gasteiger partial charge in [0.05, 0.1) is 24.0 Å². The molecule has 2 bridgehead atoms. The van der Waals surface area contributed by atoms with Crippen molar-refractivity contribution in [1.29, 1.82) is 0 Å². The van der Waals surface area contributed by atoms with E-state index in [1.54, 1.807) is 4.90 Å². The van der Waals surface area contributed by atoms with Gasteiger partial charge in [-0.2, -0.15) is 0 Å². The van der Waals surface area contributed by atoms with Gasteiger partial charge in [0.2, 0.25) is 0 Å². The molecular weight excluding hydrogens is 489 g/mol. The van der Waals surface area contributed by atoms with Gasteiger partial charge in [0.1, 0.15) is 17.3 Å². The van der Waals surface area contributed by atoms with Crippen LogP contribution in [0.1, 0.15) is 71.7 Å². The van der Waals surface area contributed by atoms with Crippen molar-refractivity contribution in [3.05, 3.63) is 70.7 Å². The van der Waals surface area contributed by atoms with E-state index in [0.29, 0.717) is 25.4 Å². The summed E-state index contributed by atoms with van der Waals surface area (Å²) in [5.74, 6) is -0.519. The summed E-state index contributed by atoms with van der Waals surface area (Å²) in [7, 11) is 0. The molecule has 0 radical (unpaired) electrons. The molecule has 2 unspecified atom stereocenters. The van der Waals surface area contributed by atoms with Crippen molar-refractivity contribution in [2.24, 2.45) is 0 Å². The molecule has 2 saturated heterocycles. The number of anilines is 1. The number of carbonyl (C=O) groups excluding carboxylic acids is 1. The molecule has 1 aromatic heterocycles. The maximum Gasteiger partial charge on any atom is 0.335 e. The van der Waals surface area contributed by atoms with Crippen LogP contribution in [0.2, 0.25) is 0 Å². The number of benzene rings is 2. The molecule has 3 fully saturated rings. The number of nitrogens with one attached hydrogen (secondary N) is 1. The summed E-state index contributed by atoms with van der Waals surface area (Å²) in [5.41, 5.74) is 3.83. The maximum atomic E-state index is 14.3. The molecule has 3 aromatic rings. The summed E-state index contributed by atoms with van der Waals surface area (Å²) in [6.45, 7) is 2.47. The highest BCUT2D eigenvalue weighted by molar-refractivity contribution is 5.93. The molecule has 2 aliphatic heterocycles. The number of piperidine rings is 1. The van der Waals surface area contributed by atoms with Gasteiger partial charge in [-0.3, -0.25) is 0 Å². The molecule has 9 heteroatoms. The fourth-order valence-electron chi connectivity index (χ4n) is 5.91. The zero-order valence-corrected chi connectivity index (χ0v) is 21.2. The van der Waals surface area contributed by atoms with Crippen molar-refractivity contribution in [2.75, 3.05) is 5.32 Å². The third-order valence-corrected chi connectivity index (χ3v) is 8.01. The number of amides is 2. The minimum Gasteiger partial charge on any atom is -0.478 e. The van der Waals surface area contributed by atoms with Gasteiger partial charge in [-0.1, -0.05) is 29.4 Å². The molecule has 38 heavy (non-hydrogen) atoms. The number of aryl methyl sites for hydroxylation is 1. The number of hydrogen-bond acceptors (Lipinski definition) is 5. The minimum absolute atomic E-state index is 0.0182. The Bertz CT molecular complexity index is 1370. The van der Waals surface area contributed by atoms with E-state index in [4.69, 9.17) is 9.26 Å². The number of nitrogens with zero attached hydrogens (tertiary/aromatic N) is 2. The van der Waals surface area contributed by atoms with Gasteiger partial charge in [0.25, 0.3) is 0 Å². The standard InChI is InChI=1S/C29H30FN3O5/c1-16-4-2-3-5-22(16)26-23(27(38-32-26)17-6-7-17)15-37-21-13-19-9-10-20(14-21)33(19)29(36)31-25-12-18(28(34)35)8-11-24(25)30/h2-5,8,11-12,17,19-21H,6-7,9-10,13-15H2,1H3,(H,31,36)(H,34,35). The third-order valence-electron chi connectivity index (χ3n) is 8.01. The number of carboxylic acid groups (broad SMARTS) is 1. The Kier molecular flexibility index (Phi) is 6.39. The third kappa shape index (κ3) is 4.67. The highest BCUT2D eigenvalue weighted by Gasteiger charge is 2.44. The second-order valence-electron chi connectivity index (χ2n) is 10.6. The monoisotopic (exact) mass is 519 g/mol. The molecule has 1 aliphatic carbocycles. The van der Waals surface area contributed by atoms with Crippen LogP contribution in [-0.4, -0.2) is 45.4 Å². The van der Waals surface area contributed by atoms with Gasteiger partial charge in [0.15, 0.2) is 0 Å². The fourth-order valence-corrected chi connectivity index (χ4v) is 5.91. The Hall–Kier alpha value is -3.72. The first kappa shape index (κ1) is 24.6. The number of rotatable bonds is 7. The molecule has 2 aromatic carbocycles. The first-order valence-corrected chi connectivity index (χ1v) is 13.2. The highest BCUT2D eigenvalue weighted by Crippen LogP contribution is 2.45. The number of aromatic nitrogens is 1. The summed E-state index contributed by atoms with van der Waals surface area (Å²) >= 11 is 0. The molecule has 1 saturated carbocycles. The van der Waals surface area contributed by atoms with Crippen LogP contribution in [0.15, 0.2) is 47.0 Å². The average molecular weight is 520 g/mol. The molecule has 8 nitrogen and oxygen atoms in total. The van der Waals surface area contributed by atoms with Crippen LogP contribution >= 0.6 is 0 Å². The largest absolute Gasteiger partial charge is 0.478 e. The van der Waals surface area contributed by atoms with E-state index in [2.05, 4.69) is 29.5 Å². The summed E-state index contributed by atoms with van der Waals surface area (Å²) < 4.78 is 26.5. The Balaban J connectivity index is 1.14. The maximum absolute atomic E-state index is 14.3. The molecule has 6 rings (SSSR count). The number of urea groups is 1. The summed E-state index contributed by atoms with van der Waals surface area (Å²) in [6.07, 6.45) is 5.26.